The molecule has 4 N–H and O–H groups in total. The molecule has 0 radical (unpaired) electrons. The summed E-state index contributed by atoms with van der Waals surface area (Å²) in [5.41, 5.74) is 0.848. The first-order valence-electron chi connectivity index (χ1n) is 20.9. The molecule has 0 saturated heterocycles. The number of aromatic hydroxyl groups is 1. The molecule has 0 saturated carbocycles. The van der Waals surface area contributed by atoms with Crippen molar-refractivity contribution in [2.24, 2.45) is 20.5 Å². The molecule has 0 aliphatic heterocycles. The van der Waals surface area contributed by atoms with Crippen molar-refractivity contribution < 1.29 is 55.2 Å². The van der Waals surface area contributed by atoms with Crippen LogP contribution in [0.5, 0.6) is 23.0 Å². The fourth-order valence-electron chi connectivity index (χ4n) is 7.26. The third-order valence-corrected chi connectivity index (χ3v) is 13.8. The van der Waals surface area contributed by atoms with E-state index in [9.17, 15) is 45.7 Å². The van der Waals surface area contributed by atoms with E-state index in [1.54, 1.807) is 97.1 Å². The van der Waals surface area contributed by atoms with Crippen molar-refractivity contribution in [2.75, 3.05) is 24.9 Å². The number of ether oxygens (including phenoxy) is 2. The molecule has 368 valence electrons. The van der Waals surface area contributed by atoms with Crippen molar-refractivity contribution >= 4 is 149 Å². The Morgan fingerprint density at radius 3 is 1.47 bits per heavy atom. The minimum atomic E-state index is -4.87. The Bertz CT molecular complexity index is 3490. The van der Waals surface area contributed by atoms with E-state index in [1.807, 2.05) is 0 Å². The number of phenols is 1. The number of amides is 2. The Balaban J connectivity index is 0.000000235. The topological polar surface area (TPSA) is 281 Å². The normalized spacial score (nSPS) is 11.5. The molecular formula is C50H38CaCl2N6O12S2. The summed E-state index contributed by atoms with van der Waals surface area (Å²) in [6.45, 7) is 2.78. The predicted octanol–water partition coefficient (Wildman–Crippen LogP) is 11.5. The monoisotopic (exact) mass is 1090 g/mol. The van der Waals surface area contributed by atoms with Gasteiger partial charge in [-0.25, -0.2) is 8.42 Å². The van der Waals surface area contributed by atoms with Crippen molar-refractivity contribution in [3.8, 4) is 23.0 Å². The number of hydrogen-bond acceptors (Lipinski definition) is 15. The molecule has 2 amide bonds. The third kappa shape index (κ3) is 12.7. The van der Waals surface area contributed by atoms with Crippen molar-refractivity contribution in [3.05, 3.63) is 166 Å². The van der Waals surface area contributed by atoms with Crippen molar-refractivity contribution in [2.45, 2.75) is 23.6 Å². The molecule has 0 atom stereocenters. The molecule has 73 heavy (non-hydrogen) atoms. The number of nitrogens with one attached hydrogen (secondary N) is 2. The molecule has 8 aromatic rings. The van der Waals surface area contributed by atoms with E-state index in [-0.39, 0.29) is 92.8 Å². The molecule has 0 spiro atoms. The van der Waals surface area contributed by atoms with Gasteiger partial charge in [0.25, 0.3) is 21.9 Å². The average molecular weight is 1090 g/mol. The number of azo groups is 2. The van der Waals surface area contributed by atoms with Gasteiger partial charge in [-0.2, -0.15) is 23.8 Å². The summed E-state index contributed by atoms with van der Waals surface area (Å²) in [6.07, 6.45) is 0. The molecule has 23 heteroatoms. The number of anilines is 2. The van der Waals surface area contributed by atoms with Gasteiger partial charge in [0.15, 0.2) is 5.75 Å². The number of nitrogens with zero attached hydrogens (tertiary/aromatic N) is 4. The number of carbonyl (C=O) groups is 2. The Morgan fingerprint density at radius 1 is 0.589 bits per heavy atom. The standard InChI is InChI=1S/2C25H20ClN3O6S.Ca/c2*1-14-21(12-11-20(26)24(14)36(32,33)34)28-29-22-18-6-4-3-5-15(18)13-19(23(22)30)25(31)27-16-7-9-17(35-2)10-8-16;/h2*3-13,30H,1-2H3,(H,27,31)(H,32,33,34);/q;;+2/p-2. The number of benzene rings is 8. The molecule has 0 bridgehead atoms. The molecule has 0 fully saturated rings. The number of halogens is 2. The minimum Gasteiger partial charge on any atom is -0.870 e. The molecule has 0 aromatic heterocycles. The SMILES string of the molecule is COc1ccc(NC(=O)c2cc3ccccc3c(N=Nc3ccc(Cl)c(S(=O)(=O)O)c3C)c2O)cc1.COc1ccc(NC(=O)c2cc3ccccc3c(N=Nc3ccc(Cl)c(S(=O)(=O)[O-])c3C)c2[O-])cc1.[Ca+2]. The number of carbonyl (C=O) groups excluding carboxylic acids is 2. The number of phenolic OH excluding ortho intramolecular Hbond substituents is 1. The van der Waals surface area contributed by atoms with E-state index >= 15 is 0 Å². The van der Waals surface area contributed by atoms with Crippen LogP contribution in [0.1, 0.15) is 31.8 Å². The zero-order valence-corrected chi connectivity index (χ0v) is 44.1. The first-order valence-corrected chi connectivity index (χ1v) is 24.5. The Kier molecular flexibility index (Phi) is 17.8. The molecular weight excluding hydrogens is 1050 g/mol. The molecule has 0 aliphatic rings. The molecule has 0 aliphatic carbocycles. The van der Waals surface area contributed by atoms with Gasteiger partial charge in [0.2, 0.25) is 0 Å². The molecule has 0 unspecified atom stereocenters. The van der Waals surface area contributed by atoms with Gasteiger partial charge < -0.3 is 34.9 Å². The Labute approximate surface area is 457 Å². The van der Waals surface area contributed by atoms with Gasteiger partial charge in [-0.15, -0.1) is 5.11 Å². The van der Waals surface area contributed by atoms with E-state index in [4.69, 9.17) is 32.7 Å². The average Bonchev–Trinajstić information content (AvgIpc) is 3.34. The third-order valence-electron chi connectivity index (χ3n) is 10.8. The van der Waals surface area contributed by atoms with Gasteiger partial charge in [0, 0.05) is 27.7 Å². The summed E-state index contributed by atoms with van der Waals surface area (Å²) < 4.78 is 78.1. The molecule has 18 nitrogen and oxygen atoms in total. The van der Waals surface area contributed by atoms with Crippen LogP contribution in [-0.2, 0) is 20.2 Å². The maximum Gasteiger partial charge on any atom is 2.00 e. The van der Waals surface area contributed by atoms with E-state index in [0.29, 0.717) is 44.4 Å². The Morgan fingerprint density at radius 2 is 1.00 bits per heavy atom. The van der Waals surface area contributed by atoms with Crippen molar-refractivity contribution in [1.29, 1.82) is 0 Å². The second-order valence-electron chi connectivity index (χ2n) is 15.4. The maximum atomic E-state index is 13.3. The minimum absolute atomic E-state index is 0. The first-order chi connectivity index (χ1) is 34.2. The summed E-state index contributed by atoms with van der Waals surface area (Å²) in [4.78, 5) is 24.9. The van der Waals surface area contributed by atoms with E-state index in [1.165, 1.54) is 64.5 Å². The van der Waals surface area contributed by atoms with Crippen LogP contribution < -0.4 is 25.2 Å². The summed E-state index contributed by atoms with van der Waals surface area (Å²) in [7, 11) is -6.42. The van der Waals surface area contributed by atoms with Crippen LogP contribution in [0.2, 0.25) is 10.0 Å². The summed E-state index contributed by atoms with van der Waals surface area (Å²) >= 11 is 11.8. The zero-order valence-electron chi connectivity index (χ0n) is 38.7. The van der Waals surface area contributed by atoms with Crippen LogP contribution in [0, 0.1) is 13.8 Å². The quantitative estimate of drug-likeness (QED) is 0.0505. The van der Waals surface area contributed by atoms with Gasteiger partial charge in [0.05, 0.1) is 51.8 Å². The summed E-state index contributed by atoms with van der Waals surface area (Å²) in [5.74, 6) is -1.07. The van der Waals surface area contributed by atoms with Gasteiger partial charge in [-0.1, -0.05) is 77.5 Å². The number of methoxy groups -OCH3 is 2. The van der Waals surface area contributed by atoms with E-state index in [2.05, 4.69) is 31.1 Å². The van der Waals surface area contributed by atoms with Crippen molar-refractivity contribution in [3.63, 3.8) is 0 Å². The molecule has 8 rings (SSSR count). The summed E-state index contributed by atoms with van der Waals surface area (Å²) in [6, 6.07) is 35.3. The van der Waals surface area contributed by atoms with Crippen molar-refractivity contribution in [1.82, 2.24) is 0 Å². The van der Waals surface area contributed by atoms with E-state index < -0.39 is 53.3 Å². The van der Waals surface area contributed by atoms with Gasteiger partial charge >= 0.3 is 37.7 Å². The zero-order chi connectivity index (χ0) is 52.1. The number of rotatable bonds is 12. The second kappa shape index (κ2) is 23.4. The first kappa shape index (κ1) is 55.6. The van der Waals surface area contributed by atoms with Crippen LogP contribution in [0.25, 0.3) is 21.5 Å². The maximum absolute atomic E-state index is 13.3. The van der Waals surface area contributed by atoms with Crippen LogP contribution >= 0.6 is 23.2 Å². The van der Waals surface area contributed by atoms with Crippen LogP contribution in [0.4, 0.5) is 34.1 Å². The van der Waals surface area contributed by atoms with E-state index in [0.717, 1.165) is 0 Å². The number of hydrogen-bond donors (Lipinski definition) is 4. The summed E-state index contributed by atoms with van der Waals surface area (Å²) in [5, 5.41) is 47.8. The molecule has 0 heterocycles. The van der Waals surface area contributed by atoms with Crippen LogP contribution in [0.3, 0.4) is 0 Å². The fourth-order valence-corrected chi connectivity index (χ4v) is 9.84. The van der Waals surface area contributed by atoms with Gasteiger partial charge in [-0.05, 0) is 121 Å². The second-order valence-corrected chi connectivity index (χ2v) is 18.9. The Hall–Kier alpha value is -6.72. The van der Waals surface area contributed by atoms with Crippen LogP contribution in [0.15, 0.2) is 164 Å². The smallest absolute Gasteiger partial charge is 0.870 e. The van der Waals surface area contributed by atoms with Gasteiger partial charge in [-0.3, -0.25) is 14.1 Å². The fraction of sp³-hybridized carbons (Fsp3) is 0.0800. The van der Waals surface area contributed by atoms with Crippen LogP contribution in [-0.4, -0.2) is 94.8 Å². The predicted molar refractivity (Wildman–Crippen MR) is 275 cm³/mol. The van der Waals surface area contributed by atoms with Gasteiger partial charge in [0.1, 0.15) is 32.2 Å². The largest absolute Gasteiger partial charge is 2.00 e. The number of fused-ring (bicyclic) bond motifs is 2. The molecule has 8 aromatic carbocycles.